The first-order chi connectivity index (χ1) is 13.8. The van der Waals surface area contributed by atoms with Crippen molar-refractivity contribution in [1.82, 2.24) is 19.6 Å². The standard InChI is InChI=1S/C20H25N5O4/c1-14-3-2-4-15(11-14)12-24(13-18(26)27)16-5-8-23(9-6-16)20(29)25-10-7-17(22-25)19(21)28/h2-4,7,10-11,16H,5-6,8-9,12-13H2,1H3,(H2,21,28)(H,26,27). The number of aryl methyl sites for hydroxylation is 1. The highest BCUT2D eigenvalue weighted by molar-refractivity contribution is 5.91. The van der Waals surface area contributed by atoms with Gasteiger partial charge in [-0.05, 0) is 31.4 Å². The van der Waals surface area contributed by atoms with Crippen molar-refractivity contribution < 1.29 is 19.5 Å². The zero-order valence-corrected chi connectivity index (χ0v) is 16.3. The fourth-order valence-electron chi connectivity index (χ4n) is 3.66. The molecule has 154 valence electrons. The summed E-state index contributed by atoms with van der Waals surface area (Å²) in [7, 11) is 0. The Labute approximate surface area is 168 Å². The van der Waals surface area contributed by atoms with E-state index in [4.69, 9.17) is 5.73 Å². The Morgan fingerprint density at radius 2 is 1.97 bits per heavy atom. The Balaban J connectivity index is 1.63. The highest BCUT2D eigenvalue weighted by atomic mass is 16.4. The number of hydrogen-bond acceptors (Lipinski definition) is 5. The number of carbonyl (C=O) groups excluding carboxylic acids is 2. The predicted molar refractivity (Wildman–Crippen MR) is 105 cm³/mol. The topological polar surface area (TPSA) is 122 Å². The summed E-state index contributed by atoms with van der Waals surface area (Å²) in [5, 5.41) is 13.2. The summed E-state index contributed by atoms with van der Waals surface area (Å²) in [5.74, 6) is -1.55. The van der Waals surface area contributed by atoms with E-state index in [0.29, 0.717) is 32.5 Å². The van der Waals surface area contributed by atoms with Gasteiger partial charge in [0, 0.05) is 31.9 Å². The number of likely N-dealkylation sites (tertiary alicyclic amines) is 1. The van der Waals surface area contributed by atoms with E-state index in [9.17, 15) is 19.5 Å². The number of amides is 2. The van der Waals surface area contributed by atoms with Crippen LogP contribution < -0.4 is 5.73 Å². The average molecular weight is 399 g/mol. The number of rotatable bonds is 6. The first kappa shape index (κ1) is 20.5. The molecule has 9 nitrogen and oxygen atoms in total. The van der Waals surface area contributed by atoms with Crippen molar-refractivity contribution in [3.63, 3.8) is 0 Å². The van der Waals surface area contributed by atoms with Crippen LogP contribution in [-0.4, -0.2) is 68.3 Å². The molecule has 0 aliphatic carbocycles. The van der Waals surface area contributed by atoms with Gasteiger partial charge in [-0.1, -0.05) is 29.8 Å². The summed E-state index contributed by atoms with van der Waals surface area (Å²) >= 11 is 0. The van der Waals surface area contributed by atoms with Crippen LogP contribution in [0.15, 0.2) is 36.5 Å². The number of nitrogens with zero attached hydrogens (tertiary/aromatic N) is 4. The zero-order valence-electron chi connectivity index (χ0n) is 16.3. The van der Waals surface area contributed by atoms with Gasteiger partial charge in [0.1, 0.15) is 0 Å². The van der Waals surface area contributed by atoms with E-state index in [1.165, 1.54) is 12.3 Å². The Hall–Kier alpha value is -3.20. The lowest BCUT2D eigenvalue weighted by atomic mass is 10.0. The van der Waals surface area contributed by atoms with Gasteiger partial charge >= 0.3 is 12.0 Å². The van der Waals surface area contributed by atoms with Crippen LogP contribution in [0.3, 0.4) is 0 Å². The maximum atomic E-state index is 12.6. The van der Waals surface area contributed by atoms with Crippen molar-refractivity contribution in [3.05, 3.63) is 53.3 Å². The SMILES string of the molecule is Cc1cccc(CN(CC(=O)O)C2CCN(C(=O)n3ccc(C(N)=O)n3)CC2)c1. The molecular formula is C20H25N5O4. The summed E-state index contributed by atoms with van der Waals surface area (Å²) in [6, 6.07) is 9.18. The average Bonchev–Trinajstić information content (AvgIpc) is 3.17. The summed E-state index contributed by atoms with van der Waals surface area (Å²) in [4.78, 5) is 38.7. The van der Waals surface area contributed by atoms with Crippen LogP contribution in [0.25, 0.3) is 0 Å². The molecule has 1 aromatic heterocycles. The molecule has 2 heterocycles. The molecule has 1 aliphatic heterocycles. The zero-order chi connectivity index (χ0) is 21.0. The third kappa shape index (κ3) is 5.20. The minimum absolute atomic E-state index is 0.0408. The van der Waals surface area contributed by atoms with E-state index in [-0.39, 0.29) is 24.3 Å². The molecular weight excluding hydrogens is 374 g/mol. The summed E-state index contributed by atoms with van der Waals surface area (Å²) in [6.45, 7) is 3.48. The van der Waals surface area contributed by atoms with Crippen molar-refractivity contribution >= 4 is 17.9 Å². The van der Waals surface area contributed by atoms with Crippen molar-refractivity contribution in [2.24, 2.45) is 5.73 Å². The van der Waals surface area contributed by atoms with E-state index in [2.05, 4.69) is 11.2 Å². The number of carboxylic acid groups (broad SMARTS) is 1. The molecule has 3 rings (SSSR count). The van der Waals surface area contributed by atoms with Crippen LogP contribution in [-0.2, 0) is 11.3 Å². The molecule has 2 amide bonds. The monoisotopic (exact) mass is 399 g/mol. The third-order valence-electron chi connectivity index (χ3n) is 5.10. The Morgan fingerprint density at radius 1 is 1.24 bits per heavy atom. The molecule has 0 saturated carbocycles. The molecule has 2 aromatic rings. The largest absolute Gasteiger partial charge is 0.480 e. The number of carboxylic acids is 1. The van der Waals surface area contributed by atoms with Crippen LogP contribution in [0, 0.1) is 6.92 Å². The van der Waals surface area contributed by atoms with E-state index in [1.807, 2.05) is 30.0 Å². The van der Waals surface area contributed by atoms with Crippen molar-refractivity contribution in [1.29, 1.82) is 0 Å². The number of benzene rings is 1. The number of primary amides is 1. The number of aliphatic carboxylic acids is 1. The van der Waals surface area contributed by atoms with Gasteiger partial charge in [-0.2, -0.15) is 9.78 Å². The highest BCUT2D eigenvalue weighted by Gasteiger charge is 2.29. The van der Waals surface area contributed by atoms with Gasteiger partial charge in [0.05, 0.1) is 6.54 Å². The van der Waals surface area contributed by atoms with Crippen molar-refractivity contribution in [3.8, 4) is 0 Å². The molecule has 3 N–H and O–H groups in total. The third-order valence-corrected chi connectivity index (χ3v) is 5.10. The molecule has 1 saturated heterocycles. The highest BCUT2D eigenvalue weighted by Crippen LogP contribution is 2.20. The normalized spacial score (nSPS) is 14.9. The lowest BCUT2D eigenvalue weighted by molar-refractivity contribution is -0.139. The number of carbonyl (C=O) groups is 3. The number of hydrogen-bond donors (Lipinski definition) is 2. The second-order valence-corrected chi connectivity index (χ2v) is 7.30. The van der Waals surface area contributed by atoms with E-state index >= 15 is 0 Å². The molecule has 0 spiro atoms. The maximum absolute atomic E-state index is 12.6. The van der Waals surface area contributed by atoms with Crippen molar-refractivity contribution in [2.75, 3.05) is 19.6 Å². The smallest absolute Gasteiger partial charge is 0.344 e. The predicted octanol–water partition coefficient (Wildman–Crippen LogP) is 1.31. The molecule has 1 aliphatic rings. The number of piperidine rings is 1. The van der Waals surface area contributed by atoms with E-state index < -0.39 is 11.9 Å². The summed E-state index contributed by atoms with van der Waals surface area (Å²) < 4.78 is 1.11. The van der Waals surface area contributed by atoms with Gasteiger partial charge in [0.15, 0.2) is 5.69 Å². The van der Waals surface area contributed by atoms with Crippen LogP contribution in [0.1, 0.15) is 34.5 Å². The Kier molecular flexibility index (Phi) is 6.28. The van der Waals surface area contributed by atoms with Gasteiger partial charge in [-0.15, -0.1) is 0 Å². The summed E-state index contributed by atoms with van der Waals surface area (Å²) in [5.41, 5.74) is 7.42. The second-order valence-electron chi connectivity index (χ2n) is 7.30. The first-order valence-electron chi connectivity index (χ1n) is 9.49. The van der Waals surface area contributed by atoms with Crippen LogP contribution in [0.2, 0.25) is 0 Å². The van der Waals surface area contributed by atoms with Gasteiger partial charge < -0.3 is 15.7 Å². The molecule has 29 heavy (non-hydrogen) atoms. The molecule has 0 unspecified atom stereocenters. The van der Waals surface area contributed by atoms with Gasteiger partial charge in [0.25, 0.3) is 5.91 Å². The molecule has 9 heteroatoms. The van der Waals surface area contributed by atoms with Crippen LogP contribution >= 0.6 is 0 Å². The first-order valence-corrected chi connectivity index (χ1v) is 9.49. The quantitative estimate of drug-likeness (QED) is 0.755. The summed E-state index contributed by atoms with van der Waals surface area (Å²) in [6.07, 6.45) is 2.74. The van der Waals surface area contributed by atoms with Gasteiger partial charge in [0.2, 0.25) is 0 Å². The fourth-order valence-corrected chi connectivity index (χ4v) is 3.66. The van der Waals surface area contributed by atoms with Crippen LogP contribution in [0.4, 0.5) is 4.79 Å². The van der Waals surface area contributed by atoms with E-state index in [1.54, 1.807) is 4.90 Å². The number of nitrogens with two attached hydrogens (primary N) is 1. The van der Waals surface area contributed by atoms with E-state index in [0.717, 1.165) is 15.8 Å². The van der Waals surface area contributed by atoms with Crippen LogP contribution in [0.5, 0.6) is 0 Å². The Morgan fingerprint density at radius 3 is 2.55 bits per heavy atom. The van der Waals surface area contributed by atoms with Gasteiger partial charge in [-0.25, -0.2) is 4.79 Å². The minimum Gasteiger partial charge on any atom is -0.480 e. The second kappa shape index (κ2) is 8.87. The lowest BCUT2D eigenvalue weighted by Crippen LogP contribution is -2.48. The molecule has 0 bridgehead atoms. The molecule has 0 atom stereocenters. The maximum Gasteiger partial charge on any atom is 0.344 e. The van der Waals surface area contributed by atoms with Crippen molar-refractivity contribution in [2.45, 2.75) is 32.4 Å². The van der Waals surface area contributed by atoms with Gasteiger partial charge in [-0.3, -0.25) is 14.5 Å². The lowest BCUT2D eigenvalue weighted by Gasteiger charge is -2.37. The molecule has 0 radical (unpaired) electrons. The molecule has 1 fully saturated rings. The fraction of sp³-hybridized carbons (Fsp3) is 0.400. The number of aromatic nitrogens is 2. The minimum atomic E-state index is -0.869. The Bertz CT molecular complexity index is 902. The molecule has 1 aromatic carbocycles.